The van der Waals surface area contributed by atoms with Gasteiger partial charge in [0.25, 0.3) is 0 Å². The number of hydrogen-bond acceptors (Lipinski definition) is 3. The lowest BCUT2D eigenvalue weighted by Crippen LogP contribution is -2.45. The summed E-state index contributed by atoms with van der Waals surface area (Å²) in [5.74, 6) is -0.280. The first-order valence-electron chi connectivity index (χ1n) is 10.9. The number of rotatable bonds is 18. The Bertz CT molecular complexity index is 329. The van der Waals surface area contributed by atoms with Crippen LogP contribution in [-0.2, 0) is 9.47 Å². The molecule has 0 radical (unpaired) electrons. The molecule has 0 aliphatic rings. The van der Waals surface area contributed by atoms with E-state index in [9.17, 15) is 4.79 Å². The van der Waals surface area contributed by atoms with Crippen LogP contribution in [0.5, 0.6) is 0 Å². The maximum absolute atomic E-state index is 11.1. The summed E-state index contributed by atoms with van der Waals surface area (Å²) in [6.45, 7) is 10.6. The molecule has 0 fully saturated rings. The van der Waals surface area contributed by atoms with Crippen molar-refractivity contribution in [2.45, 2.75) is 104 Å². The van der Waals surface area contributed by atoms with E-state index < -0.39 is 11.8 Å². The van der Waals surface area contributed by atoms with Crippen LogP contribution in [0.15, 0.2) is 0 Å². The van der Waals surface area contributed by atoms with E-state index in [-0.39, 0.29) is 5.92 Å². The van der Waals surface area contributed by atoms with E-state index in [4.69, 9.17) is 15.2 Å². The quantitative estimate of drug-likeness (QED) is 0.251. The Morgan fingerprint density at radius 1 is 0.885 bits per heavy atom. The van der Waals surface area contributed by atoms with Crippen LogP contribution in [0.25, 0.3) is 0 Å². The molecule has 26 heavy (non-hydrogen) atoms. The lowest BCUT2D eigenvalue weighted by atomic mass is 9.87. The zero-order chi connectivity index (χ0) is 19.7. The van der Waals surface area contributed by atoms with Gasteiger partial charge in [-0.25, -0.2) is 4.79 Å². The number of amides is 2. The van der Waals surface area contributed by atoms with Gasteiger partial charge < -0.3 is 20.5 Å². The highest BCUT2D eigenvalue weighted by Gasteiger charge is 2.38. The Hall–Kier alpha value is -0.810. The smallest absolute Gasteiger partial charge is 0.312 e. The first-order valence-corrected chi connectivity index (χ1v) is 10.9. The van der Waals surface area contributed by atoms with Gasteiger partial charge in [0.2, 0.25) is 0 Å². The van der Waals surface area contributed by atoms with Crippen LogP contribution in [0.4, 0.5) is 4.79 Å². The van der Waals surface area contributed by atoms with Crippen molar-refractivity contribution in [2.75, 3.05) is 19.8 Å². The SMILES string of the molecule is CCCCCCCCC(CCNC(N)=O)C(CC)(OCCC)OCCC. The van der Waals surface area contributed by atoms with E-state index >= 15 is 0 Å². The van der Waals surface area contributed by atoms with E-state index in [2.05, 4.69) is 33.0 Å². The average molecular weight is 373 g/mol. The van der Waals surface area contributed by atoms with E-state index in [1.54, 1.807) is 0 Å². The molecule has 3 N–H and O–H groups in total. The maximum Gasteiger partial charge on any atom is 0.312 e. The number of carbonyl (C=O) groups is 1. The minimum Gasteiger partial charge on any atom is -0.352 e. The highest BCUT2D eigenvalue weighted by atomic mass is 16.7. The van der Waals surface area contributed by atoms with Gasteiger partial charge in [-0.2, -0.15) is 0 Å². The molecule has 0 aromatic heterocycles. The summed E-state index contributed by atoms with van der Waals surface area (Å²) in [7, 11) is 0. The number of nitrogens with one attached hydrogen (secondary N) is 1. The molecule has 0 bridgehead atoms. The predicted molar refractivity (Wildman–Crippen MR) is 109 cm³/mol. The number of unbranched alkanes of at least 4 members (excludes halogenated alkanes) is 5. The maximum atomic E-state index is 11.1. The monoisotopic (exact) mass is 372 g/mol. The number of urea groups is 1. The molecule has 0 aliphatic carbocycles. The largest absolute Gasteiger partial charge is 0.352 e. The van der Waals surface area contributed by atoms with Crippen LogP contribution >= 0.6 is 0 Å². The van der Waals surface area contributed by atoms with E-state index in [0.717, 1.165) is 32.1 Å². The second kappa shape index (κ2) is 16.4. The third kappa shape index (κ3) is 11.0. The zero-order valence-electron chi connectivity index (χ0n) is 17.8. The molecule has 0 spiro atoms. The molecule has 0 saturated heterocycles. The number of ether oxygens (including phenoxy) is 2. The van der Waals surface area contributed by atoms with Gasteiger partial charge in [0.05, 0.1) is 0 Å². The fourth-order valence-corrected chi connectivity index (χ4v) is 3.44. The van der Waals surface area contributed by atoms with Gasteiger partial charge in [0, 0.05) is 25.7 Å². The summed E-state index contributed by atoms with van der Waals surface area (Å²) < 4.78 is 12.6. The third-order valence-electron chi connectivity index (χ3n) is 4.91. The van der Waals surface area contributed by atoms with Gasteiger partial charge in [0.15, 0.2) is 5.79 Å². The number of nitrogens with two attached hydrogens (primary N) is 1. The second-order valence-electron chi connectivity index (χ2n) is 7.20. The van der Waals surface area contributed by atoms with Crippen molar-refractivity contribution in [2.24, 2.45) is 11.7 Å². The molecule has 0 saturated carbocycles. The van der Waals surface area contributed by atoms with Gasteiger partial charge in [-0.05, 0) is 32.1 Å². The van der Waals surface area contributed by atoms with Crippen molar-refractivity contribution in [1.29, 1.82) is 0 Å². The summed E-state index contributed by atoms with van der Waals surface area (Å²) in [6.07, 6.45) is 12.3. The average Bonchev–Trinajstić information content (AvgIpc) is 2.63. The molecule has 2 amide bonds. The van der Waals surface area contributed by atoms with Crippen LogP contribution in [0.1, 0.15) is 98.3 Å². The number of carbonyl (C=O) groups excluding carboxylic acids is 1. The normalized spacial score (nSPS) is 12.9. The van der Waals surface area contributed by atoms with Crippen molar-refractivity contribution in [3.8, 4) is 0 Å². The van der Waals surface area contributed by atoms with E-state index in [1.165, 1.54) is 38.5 Å². The van der Waals surface area contributed by atoms with Gasteiger partial charge in [-0.15, -0.1) is 0 Å². The van der Waals surface area contributed by atoms with Crippen LogP contribution in [0.2, 0.25) is 0 Å². The molecule has 1 atom stereocenters. The fourth-order valence-electron chi connectivity index (χ4n) is 3.44. The van der Waals surface area contributed by atoms with Crippen LogP contribution in [0, 0.1) is 5.92 Å². The Balaban J connectivity index is 4.88. The van der Waals surface area contributed by atoms with Crippen molar-refractivity contribution in [1.82, 2.24) is 5.32 Å². The summed E-state index contributed by atoms with van der Waals surface area (Å²) in [6, 6.07) is -0.464. The van der Waals surface area contributed by atoms with Crippen LogP contribution in [-0.4, -0.2) is 31.6 Å². The minimum absolute atomic E-state index is 0.267. The molecule has 0 aromatic carbocycles. The van der Waals surface area contributed by atoms with Crippen molar-refractivity contribution < 1.29 is 14.3 Å². The Kier molecular flexibility index (Phi) is 15.9. The topological polar surface area (TPSA) is 73.6 Å². The molecule has 0 aliphatic heterocycles. The predicted octanol–water partition coefficient (Wildman–Crippen LogP) is 5.37. The zero-order valence-corrected chi connectivity index (χ0v) is 17.8. The van der Waals surface area contributed by atoms with Crippen LogP contribution < -0.4 is 11.1 Å². The second-order valence-corrected chi connectivity index (χ2v) is 7.20. The fraction of sp³-hybridized carbons (Fsp3) is 0.952. The number of primary amides is 1. The van der Waals surface area contributed by atoms with Crippen molar-refractivity contribution in [3.05, 3.63) is 0 Å². The lowest BCUT2D eigenvalue weighted by Gasteiger charge is -2.40. The lowest BCUT2D eigenvalue weighted by molar-refractivity contribution is -0.271. The third-order valence-corrected chi connectivity index (χ3v) is 4.91. The van der Waals surface area contributed by atoms with Gasteiger partial charge in [-0.1, -0.05) is 66.2 Å². The molecule has 5 nitrogen and oxygen atoms in total. The van der Waals surface area contributed by atoms with Crippen molar-refractivity contribution >= 4 is 6.03 Å². The van der Waals surface area contributed by atoms with Crippen molar-refractivity contribution in [3.63, 3.8) is 0 Å². The summed E-state index contributed by atoms with van der Waals surface area (Å²) in [5.41, 5.74) is 5.24. The molecular formula is C21H44N2O3. The highest BCUT2D eigenvalue weighted by molar-refractivity contribution is 5.71. The summed E-state index contributed by atoms with van der Waals surface area (Å²) >= 11 is 0. The Morgan fingerprint density at radius 3 is 1.96 bits per heavy atom. The highest BCUT2D eigenvalue weighted by Crippen LogP contribution is 2.34. The Morgan fingerprint density at radius 2 is 1.46 bits per heavy atom. The standard InChI is InChI=1S/C21H44N2O3/c1-5-9-10-11-12-13-14-19(15-16-23-20(22)24)21(8-4,25-17-6-2)26-18-7-3/h19H,5-18H2,1-4H3,(H3,22,23,24). The first-order chi connectivity index (χ1) is 12.6. The number of hydrogen-bond donors (Lipinski definition) is 2. The first kappa shape index (κ1) is 25.2. The molecule has 0 aromatic rings. The summed E-state index contributed by atoms with van der Waals surface area (Å²) in [5, 5.41) is 2.73. The molecule has 156 valence electrons. The van der Waals surface area contributed by atoms with Gasteiger partial charge in [-0.3, -0.25) is 0 Å². The molecule has 0 heterocycles. The van der Waals surface area contributed by atoms with Crippen LogP contribution in [0.3, 0.4) is 0 Å². The van der Waals surface area contributed by atoms with E-state index in [0.29, 0.717) is 19.8 Å². The van der Waals surface area contributed by atoms with Gasteiger partial charge >= 0.3 is 6.03 Å². The molecular weight excluding hydrogens is 328 g/mol. The molecule has 1 unspecified atom stereocenters. The van der Waals surface area contributed by atoms with E-state index in [1.807, 2.05) is 0 Å². The minimum atomic E-state index is -0.547. The summed E-state index contributed by atoms with van der Waals surface area (Å²) in [4.78, 5) is 11.1. The molecule has 0 rings (SSSR count). The van der Waals surface area contributed by atoms with Gasteiger partial charge in [0.1, 0.15) is 0 Å². The Labute approximate surface area is 161 Å². The molecule has 5 heteroatoms.